The number of H-pyrrole nitrogens is 1. The number of rotatable bonds is 3. The number of aliphatic hydroxyl groups is 1. The molecule has 37 heavy (non-hydrogen) atoms. The van der Waals surface area contributed by atoms with Crippen LogP contribution in [0.3, 0.4) is 0 Å². The molecule has 0 bridgehead atoms. The molecule has 0 atom stereocenters. The van der Waals surface area contributed by atoms with Gasteiger partial charge in [0.05, 0.1) is 31.3 Å². The van der Waals surface area contributed by atoms with Crippen molar-refractivity contribution in [3.8, 4) is 16.9 Å². The number of halogens is 1. The number of ether oxygens (including phenoxy) is 2. The van der Waals surface area contributed by atoms with Crippen LogP contribution in [0.2, 0.25) is 0 Å². The predicted octanol–water partition coefficient (Wildman–Crippen LogP) is 3.22. The molecule has 0 unspecified atom stereocenters. The number of aromatic nitrogens is 3. The lowest BCUT2D eigenvalue weighted by Gasteiger charge is -2.38. The highest BCUT2D eigenvalue weighted by molar-refractivity contribution is 5.86. The van der Waals surface area contributed by atoms with E-state index in [1.54, 1.807) is 16.0 Å². The van der Waals surface area contributed by atoms with E-state index in [1.165, 1.54) is 7.11 Å². The van der Waals surface area contributed by atoms with Gasteiger partial charge in [0.1, 0.15) is 19.0 Å². The quantitative estimate of drug-likeness (QED) is 0.491. The van der Waals surface area contributed by atoms with E-state index in [1.807, 2.05) is 25.1 Å². The second-order valence-electron chi connectivity index (χ2n) is 9.48. The van der Waals surface area contributed by atoms with Crippen molar-refractivity contribution in [2.75, 3.05) is 45.3 Å². The van der Waals surface area contributed by atoms with E-state index >= 15 is 0 Å². The number of alkyl halides is 1. The van der Waals surface area contributed by atoms with Crippen LogP contribution in [0, 0.1) is 6.92 Å². The summed E-state index contributed by atoms with van der Waals surface area (Å²) in [5.74, 6) is 0.986. The molecule has 1 aromatic carbocycles. The number of pyridine rings is 1. The van der Waals surface area contributed by atoms with Gasteiger partial charge in [-0.05, 0) is 49.1 Å². The van der Waals surface area contributed by atoms with Gasteiger partial charge in [0.25, 0.3) is 0 Å². The van der Waals surface area contributed by atoms with Crippen LogP contribution in [0.4, 0.5) is 19.9 Å². The molecule has 2 aromatic heterocycles. The number of hydrogen-bond acceptors (Lipinski definition) is 7. The Morgan fingerprint density at radius 3 is 2.73 bits per heavy atom. The lowest BCUT2D eigenvalue weighted by Crippen LogP contribution is -2.52. The fourth-order valence-corrected chi connectivity index (χ4v) is 4.76. The number of imidazole rings is 1. The lowest BCUT2D eigenvalue weighted by molar-refractivity contribution is -0.0329. The number of fused-ring (bicyclic) bond motifs is 2. The van der Waals surface area contributed by atoms with Gasteiger partial charge in [-0.25, -0.2) is 19.0 Å². The van der Waals surface area contributed by atoms with E-state index in [9.17, 15) is 19.1 Å². The molecule has 3 amide bonds. The van der Waals surface area contributed by atoms with Gasteiger partial charge in [0, 0.05) is 30.4 Å². The van der Waals surface area contributed by atoms with E-state index in [2.05, 4.69) is 25.0 Å². The first-order valence-corrected chi connectivity index (χ1v) is 12.1. The summed E-state index contributed by atoms with van der Waals surface area (Å²) >= 11 is 0. The maximum atomic E-state index is 13.3. The Morgan fingerprint density at radius 1 is 1.22 bits per heavy atom. The monoisotopic (exact) mass is 512 g/mol. The first-order valence-electron chi connectivity index (χ1n) is 12.1. The van der Waals surface area contributed by atoms with Gasteiger partial charge in [-0.2, -0.15) is 4.98 Å². The van der Waals surface area contributed by atoms with Gasteiger partial charge in [-0.15, -0.1) is 0 Å². The van der Waals surface area contributed by atoms with E-state index in [-0.39, 0.29) is 24.8 Å². The molecular weight excluding hydrogens is 483 g/mol. The molecule has 5 rings (SSSR count). The molecule has 2 aliphatic rings. The van der Waals surface area contributed by atoms with Gasteiger partial charge in [-0.3, -0.25) is 5.32 Å². The molecule has 4 heterocycles. The fourth-order valence-electron chi connectivity index (χ4n) is 4.76. The normalized spacial score (nSPS) is 17.1. The van der Waals surface area contributed by atoms with Crippen LogP contribution < -0.4 is 10.1 Å². The molecule has 3 aromatic rings. The Morgan fingerprint density at radius 2 is 2.00 bits per heavy atom. The first-order chi connectivity index (χ1) is 17.8. The first kappa shape index (κ1) is 24.8. The Labute approximate surface area is 212 Å². The van der Waals surface area contributed by atoms with Crippen molar-refractivity contribution in [3.63, 3.8) is 0 Å². The number of carbonyl (C=O) groups is 2. The third-order valence-electron chi connectivity index (χ3n) is 6.88. The van der Waals surface area contributed by atoms with E-state index < -0.39 is 18.4 Å². The number of benzene rings is 1. The van der Waals surface area contributed by atoms with Crippen LogP contribution in [-0.2, 0) is 11.3 Å². The number of amides is 3. The number of carbonyl (C=O) groups excluding carboxylic acids is 2. The summed E-state index contributed by atoms with van der Waals surface area (Å²) in [5, 5.41) is 12.7. The average Bonchev–Trinajstić information content (AvgIpc) is 3.16. The summed E-state index contributed by atoms with van der Waals surface area (Å²) in [7, 11) is 1.27. The number of nitrogens with one attached hydrogen (secondary N) is 2. The molecule has 3 N–H and O–H groups in total. The van der Waals surface area contributed by atoms with Gasteiger partial charge in [0.2, 0.25) is 5.95 Å². The van der Waals surface area contributed by atoms with Crippen LogP contribution in [-0.4, -0.2) is 87.6 Å². The molecule has 196 valence electrons. The molecule has 0 aliphatic carbocycles. The van der Waals surface area contributed by atoms with Crippen molar-refractivity contribution in [3.05, 3.63) is 35.5 Å². The Kier molecular flexibility index (Phi) is 6.59. The standard InChI is InChI=1S/C25H29FN6O5/c1-15-9-16(17-11-19-21(27-12-17)29-22(28-19)30-23(33)36-2)10-18-13-32(7-8-37-20(15)18)24(34)31-5-3-25(35,14-26)4-6-31/h9-12,35H,3-8,13-14H2,1-2H3,(H2,27,28,29,30,33). The number of piperidine rings is 1. The van der Waals surface area contributed by atoms with Crippen LogP contribution in [0.15, 0.2) is 24.4 Å². The highest BCUT2D eigenvalue weighted by Crippen LogP contribution is 2.34. The number of nitrogens with zero attached hydrogens (tertiary/aromatic N) is 4. The van der Waals surface area contributed by atoms with Crippen molar-refractivity contribution >= 4 is 29.2 Å². The largest absolute Gasteiger partial charge is 0.491 e. The smallest absolute Gasteiger partial charge is 0.413 e. The number of hydrogen-bond donors (Lipinski definition) is 3. The van der Waals surface area contributed by atoms with Crippen LogP contribution in [0.25, 0.3) is 22.3 Å². The summed E-state index contributed by atoms with van der Waals surface area (Å²) in [6.07, 6.45) is 1.51. The zero-order valence-electron chi connectivity index (χ0n) is 20.7. The summed E-state index contributed by atoms with van der Waals surface area (Å²) in [6.45, 7) is 2.92. The zero-order valence-corrected chi connectivity index (χ0v) is 20.7. The molecular formula is C25H29FN6O5. The molecule has 0 radical (unpaired) electrons. The molecule has 0 saturated carbocycles. The number of methoxy groups -OCH3 is 1. The molecule has 1 saturated heterocycles. The topological polar surface area (TPSA) is 133 Å². The van der Waals surface area contributed by atoms with Crippen LogP contribution in [0.5, 0.6) is 5.75 Å². The molecule has 12 heteroatoms. The van der Waals surface area contributed by atoms with Crippen molar-refractivity contribution in [2.24, 2.45) is 0 Å². The van der Waals surface area contributed by atoms with Gasteiger partial charge >= 0.3 is 12.1 Å². The number of aromatic amines is 1. The van der Waals surface area contributed by atoms with Crippen molar-refractivity contribution in [2.45, 2.75) is 31.9 Å². The number of aryl methyl sites for hydroxylation is 1. The van der Waals surface area contributed by atoms with E-state index in [4.69, 9.17) is 4.74 Å². The van der Waals surface area contributed by atoms with Crippen LogP contribution in [0.1, 0.15) is 24.0 Å². The average molecular weight is 513 g/mol. The van der Waals surface area contributed by atoms with Crippen molar-refractivity contribution < 1.29 is 28.6 Å². The Balaban J connectivity index is 1.38. The maximum absolute atomic E-state index is 13.3. The maximum Gasteiger partial charge on any atom is 0.413 e. The summed E-state index contributed by atoms with van der Waals surface area (Å²) in [4.78, 5) is 39.8. The fraction of sp³-hybridized carbons (Fsp3) is 0.440. The van der Waals surface area contributed by atoms with Gasteiger partial charge in [-0.1, -0.05) is 0 Å². The Bertz CT molecular complexity index is 1340. The lowest BCUT2D eigenvalue weighted by atomic mass is 9.93. The minimum absolute atomic E-state index is 0.147. The zero-order chi connectivity index (χ0) is 26.2. The summed E-state index contributed by atoms with van der Waals surface area (Å²) in [5.41, 5.74) is 3.28. The summed E-state index contributed by atoms with van der Waals surface area (Å²) < 4.78 is 23.7. The molecule has 0 spiro atoms. The third kappa shape index (κ3) is 5.01. The van der Waals surface area contributed by atoms with Crippen molar-refractivity contribution in [1.29, 1.82) is 0 Å². The summed E-state index contributed by atoms with van der Waals surface area (Å²) in [6, 6.07) is 5.73. The second kappa shape index (κ2) is 9.85. The number of urea groups is 1. The molecule has 11 nitrogen and oxygen atoms in total. The van der Waals surface area contributed by atoms with Crippen LogP contribution >= 0.6 is 0 Å². The minimum atomic E-state index is -1.34. The van der Waals surface area contributed by atoms with Gasteiger partial charge < -0.3 is 29.4 Å². The number of anilines is 1. The third-order valence-corrected chi connectivity index (χ3v) is 6.88. The minimum Gasteiger partial charge on any atom is -0.491 e. The highest BCUT2D eigenvalue weighted by atomic mass is 19.1. The number of likely N-dealkylation sites (tertiary alicyclic amines) is 1. The second-order valence-corrected chi connectivity index (χ2v) is 9.48. The van der Waals surface area contributed by atoms with E-state index in [0.29, 0.717) is 43.9 Å². The van der Waals surface area contributed by atoms with Gasteiger partial charge in [0.15, 0.2) is 5.65 Å². The molecule has 1 fully saturated rings. The predicted molar refractivity (Wildman–Crippen MR) is 133 cm³/mol. The van der Waals surface area contributed by atoms with E-state index in [0.717, 1.165) is 28.0 Å². The highest BCUT2D eigenvalue weighted by Gasteiger charge is 2.35. The van der Waals surface area contributed by atoms with Crippen molar-refractivity contribution in [1.82, 2.24) is 24.8 Å². The SMILES string of the molecule is COC(=O)Nc1nc2ncc(-c3cc(C)c4c(c3)CN(C(=O)N3CCC(O)(CF)CC3)CCO4)cc2[nH]1. The Hall–Kier alpha value is -3.93. The molecule has 2 aliphatic heterocycles.